The van der Waals surface area contributed by atoms with E-state index in [1.165, 1.54) is 6.92 Å². The molecule has 0 fully saturated rings. The first-order chi connectivity index (χ1) is 10.5. The summed E-state index contributed by atoms with van der Waals surface area (Å²) in [5.41, 5.74) is 1.55. The van der Waals surface area contributed by atoms with E-state index in [2.05, 4.69) is 38.2 Å². The maximum atomic E-state index is 12.3. The van der Waals surface area contributed by atoms with Gasteiger partial charge in [-0.2, -0.15) is 0 Å². The highest BCUT2D eigenvalue weighted by Crippen LogP contribution is 2.12. The first kappa shape index (κ1) is 16.2. The van der Waals surface area contributed by atoms with E-state index in [9.17, 15) is 9.59 Å². The zero-order valence-corrected chi connectivity index (χ0v) is 14.0. The van der Waals surface area contributed by atoms with Crippen LogP contribution >= 0.6 is 22.6 Å². The lowest BCUT2D eigenvalue weighted by Gasteiger charge is -2.10. The molecule has 112 valence electrons. The standard InChI is InChI=1S/C16H14IN3O2/c1-11(21)19-15(9-12-3-2-8-18-10-12)16(22)20-14-6-4-13(17)5-7-14/h2-10H,1H3,(H,19,21)(H,20,22)/b15-9+. The molecule has 0 unspecified atom stereocenters. The number of hydrogen-bond acceptors (Lipinski definition) is 3. The average Bonchev–Trinajstić information content (AvgIpc) is 2.49. The number of hydrogen-bond donors (Lipinski definition) is 2. The Bertz CT molecular complexity index is 697. The Morgan fingerprint density at radius 1 is 1.18 bits per heavy atom. The molecule has 2 amide bonds. The van der Waals surface area contributed by atoms with Crippen LogP contribution < -0.4 is 10.6 Å². The fourth-order valence-corrected chi connectivity index (χ4v) is 2.07. The zero-order valence-electron chi connectivity index (χ0n) is 11.8. The third kappa shape index (κ3) is 4.96. The monoisotopic (exact) mass is 407 g/mol. The number of aromatic nitrogens is 1. The van der Waals surface area contributed by atoms with E-state index < -0.39 is 0 Å². The van der Waals surface area contributed by atoms with Crippen LogP contribution in [0.4, 0.5) is 5.69 Å². The second-order valence-corrected chi connectivity index (χ2v) is 5.73. The molecule has 1 aromatic heterocycles. The molecule has 0 spiro atoms. The lowest BCUT2D eigenvalue weighted by Crippen LogP contribution is -2.28. The minimum atomic E-state index is -0.389. The zero-order chi connectivity index (χ0) is 15.9. The Morgan fingerprint density at radius 2 is 1.91 bits per heavy atom. The van der Waals surface area contributed by atoms with Gasteiger partial charge >= 0.3 is 0 Å². The number of carbonyl (C=O) groups excluding carboxylic acids is 2. The summed E-state index contributed by atoms with van der Waals surface area (Å²) in [5.74, 6) is -0.701. The van der Waals surface area contributed by atoms with E-state index >= 15 is 0 Å². The number of nitrogens with one attached hydrogen (secondary N) is 2. The van der Waals surface area contributed by atoms with Crippen molar-refractivity contribution in [3.63, 3.8) is 0 Å². The molecule has 0 saturated heterocycles. The van der Waals surface area contributed by atoms with Crippen LogP contribution in [0.5, 0.6) is 0 Å². The second-order valence-electron chi connectivity index (χ2n) is 4.49. The van der Waals surface area contributed by atoms with E-state index in [0.717, 1.165) is 9.13 Å². The van der Waals surface area contributed by atoms with Crippen molar-refractivity contribution < 1.29 is 9.59 Å². The predicted molar refractivity (Wildman–Crippen MR) is 93.8 cm³/mol. The van der Waals surface area contributed by atoms with Crippen molar-refractivity contribution in [1.29, 1.82) is 0 Å². The van der Waals surface area contributed by atoms with Crippen molar-refractivity contribution in [1.82, 2.24) is 10.3 Å². The molecule has 2 N–H and O–H groups in total. The van der Waals surface area contributed by atoms with Crippen molar-refractivity contribution in [3.8, 4) is 0 Å². The van der Waals surface area contributed by atoms with E-state index in [4.69, 9.17) is 0 Å². The number of amides is 2. The number of benzene rings is 1. The maximum absolute atomic E-state index is 12.3. The van der Waals surface area contributed by atoms with E-state index in [1.807, 2.05) is 12.1 Å². The van der Waals surface area contributed by atoms with Crippen LogP contribution in [-0.4, -0.2) is 16.8 Å². The number of anilines is 1. The normalized spacial score (nSPS) is 10.9. The molecule has 0 radical (unpaired) electrons. The number of halogens is 1. The van der Waals surface area contributed by atoms with Crippen LogP contribution in [-0.2, 0) is 9.59 Å². The molecule has 6 heteroatoms. The van der Waals surface area contributed by atoms with Crippen molar-refractivity contribution in [3.05, 3.63) is 63.6 Å². The molecular weight excluding hydrogens is 393 g/mol. The topological polar surface area (TPSA) is 71.1 Å². The highest BCUT2D eigenvalue weighted by atomic mass is 127. The third-order valence-corrected chi connectivity index (χ3v) is 3.37. The van der Waals surface area contributed by atoms with Gasteiger partial charge in [-0.15, -0.1) is 0 Å². The first-order valence-electron chi connectivity index (χ1n) is 6.51. The summed E-state index contributed by atoms with van der Waals surface area (Å²) in [6, 6.07) is 10.9. The largest absolute Gasteiger partial charge is 0.322 e. The molecule has 5 nitrogen and oxygen atoms in total. The highest BCUT2D eigenvalue weighted by molar-refractivity contribution is 14.1. The Labute approximate surface area is 142 Å². The molecule has 2 aromatic rings. The first-order valence-corrected chi connectivity index (χ1v) is 7.59. The fraction of sp³-hybridized carbons (Fsp3) is 0.0625. The summed E-state index contributed by atoms with van der Waals surface area (Å²) in [5, 5.41) is 5.29. The second kappa shape index (κ2) is 7.69. The van der Waals surface area contributed by atoms with Crippen LogP contribution in [0.15, 0.2) is 54.5 Å². The van der Waals surface area contributed by atoms with Gasteiger partial charge < -0.3 is 10.6 Å². The summed E-state index contributed by atoms with van der Waals surface area (Å²) in [6.07, 6.45) is 4.83. The molecule has 0 aliphatic carbocycles. The summed E-state index contributed by atoms with van der Waals surface area (Å²) < 4.78 is 1.07. The van der Waals surface area contributed by atoms with Crippen LogP contribution in [0.2, 0.25) is 0 Å². The highest BCUT2D eigenvalue weighted by Gasteiger charge is 2.11. The summed E-state index contributed by atoms with van der Waals surface area (Å²) in [4.78, 5) is 27.6. The van der Waals surface area contributed by atoms with Gasteiger partial charge in [-0.3, -0.25) is 14.6 Å². The minimum absolute atomic E-state index is 0.166. The molecule has 1 aromatic carbocycles. The van der Waals surface area contributed by atoms with Crippen molar-refractivity contribution in [2.45, 2.75) is 6.92 Å². The molecular formula is C16H14IN3O2. The lowest BCUT2D eigenvalue weighted by molar-refractivity contribution is -0.120. The molecule has 1 heterocycles. The van der Waals surface area contributed by atoms with Gasteiger partial charge in [-0.1, -0.05) is 6.07 Å². The number of nitrogens with zero attached hydrogens (tertiary/aromatic N) is 1. The Hall–Kier alpha value is -2.22. The molecule has 22 heavy (non-hydrogen) atoms. The average molecular weight is 407 g/mol. The number of carbonyl (C=O) groups is 2. The molecule has 0 saturated carbocycles. The van der Waals surface area contributed by atoms with Gasteiger partial charge in [0.25, 0.3) is 5.91 Å². The minimum Gasteiger partial charge on any atom is -0.322 e. The Morgan fingerprint density at radius 3 is 2.50 bits per heavy atom. The molecule has 0 aliphatic heterocycles. The van der Waals surface area contributed by atoms with E-state index in [1.54, 1.807) is 42.7 Å². The smallest absolute Gasteiger partial charge is 0.272 e. The molecule has 0 aliphatic rings. The fourth-order valence-electron chi connectivity index (χ4n) is 1.71. The van der Waals surface area contributed by atoms with E-state index in [0.29, 0.717) is 5.69 Å². The predicted octanol–water partition coefficient (Wildman–Crippen LogP) is 2.80. The lowest BCUT2D eigenvalue weighted by atomic mass is 10.2. The van der Waals surface area contributed by atoms with Crippen LogP contribution in [0, 0.1) is 3.57 Å². The number of rotatable bonds is 4. The van der Waals surface area contributed by atoms with Crippen molar-refractivity contribution in [2.75, 3.05) is 5.32 Å². The summed E-state index contributed by atoms with van der Waals surface area (Å²) in [6.45, 7) is 1.36. The summed E-state index contributed by atoms with van der Waals surface area (Å²) in [7, 11) is 0. The molecule has 0 atom stereocenters. The van der Waals surface area contributed by atoms with Crippen molar-refractivity contribution in [2.24, 2.45) is 0 Å². The van der Waals surface area contributed by atoms with Gasteiger partial charge in [-0.05, 0) is 64.6 Å². The van der Waals surface area contributed by atoms with Gasteiger partial charge in [0.15, 0.2) is 0 Å². The van der Waals surface area contributed by atoms with Crippen molar-refractivity contribution >= 4 is 46.2 Å². The molecule has 0 bridgehead atoms. The SMILES string of the molecule is CC(=O)N/C(=C/c1cccnc1)C(=O)Nc1ccc(I)cc1. The number of pyridine rings is 1. The quantitative estimate of drug-likeness (QED) is 0.605. The van der Waals surface area contributed by atoms with Gasteiger partial charge in [0, 0.05) is 28.6 Å². The summed E-state index contributed by atoms with van der Waals surface area (Å²) >= 11 is 2.19. The van der Waals surface area contributed by atoms with Crippen LogP contribution in [0.1, 0.15) is 12.5 Å². The Balaban J connectivity index is 2.21. The van der Waals surface area contributed by atoms with E-state index in [-0.39, 0.29) is 17.5 Å². The third-order valence-electron chi connectivity index (χ3n) is 2.65. The maximum Gasteiger partial charge on any atom is 0.272 e. The van der Waals surface area contributed by atoms with Crippen LogP contribution in [0.25, 0.3) is 6.08 Å². The Kier molecular flexibility index (Phi) is 5.65. The van der Waals surface area contributed by atoms with Gasteiger partial charge in [0.05, 0.1) is 0 Å². The van der Waals surface area contributed by atoms with Gasteiger partial charge in [-0.25, -0.2) is 0 Å². The van der Waals surface area contributed by atoms with Gasteiger partial charge in [0.1, 0.15) is 5.70 Å². The van der Waals surface area contributed by atoms with Crippen LogP contribution in [0.3, 0.4) is 0 Å². The van der Waals surface area contributed by atoms with Gasteiger partial charge in [0.2, 0.25) is 5.91 Å². The molecule has 2 rings (SSSR count).